The van der Waals surface area contributed by atoms with Crippen molar-refractivity contribution < 1.29 is 4.79 Å². The second-order valence-electron chi connectivity index (χ2n) is 7.23. The number of nitrogens with zero attached hydrogens (tertiary/aromatic N) is 4. The third kappa shape index (κ3) is 3.31. The summed E-state index contributed by atoms with van der Waals surface area (Å²) < 4.78 is 1.70. The van der Waals surface area contributed by atoms with Crippen molar-refractivity contribution in [1.82, 2.24) is 25.1 Å². The van der Waals surface area contributed by atoms with Crippen LogP contribution in [0.5, 0.6) is 0 Å². The zero-order chi connectivity index (χ0) is 19.0. The first kappa shape index (κ1) is 18.0. The van der Waals surface area contributed by atoms with Gasteiger partial charge in [-0.15, -0.1) is 0 Å². The SMILES string of the molecule is Cc1cc(C)c2nc(C)cc(C(=O)NC(c3ncnn3C)C(C)C)c2c1. The summed E-state index contributed by atoms with van der Waals surface area (Å²) >= 11 is 0. The Morgan fingerprint density at radius 2 is 1.88 bits per heavy atom. The number of rotatable bonds is 4. The maximum absolute atomic E-state index is 13.2. The van der Waals surface area contributed by atoms with E-state index in [4.69, 9.17) is 0 Å². The van der Waals surface area contributed by atoms with Crippen molar-refractivity contribution in [2.75, 3.05) is 0 Å². The Morgan fingerprint density at radius 3 is 2.50 bits per heavy atom. The van der Waals surface area contributed by atoms with Crippen molar-refractivity contribution in [3.63, 3.8) is 0 Å². The van der Waals surface area contributed by atoms with Crippen LogP contribution in [-0.2, 0) is 7.05 Å². The predicted octanol–water partition coefficient (Wildman–Crippen LogP) is 3.42. The highest BCUT2D eigenvalue weighted by molar-refractivity contribution is 6.07. The summed E-state index contributed by atoms with van der Waals surface area (Å²) in [5.74, 6) is 0.808. The van der Waals surface area contributed by atoms with E-state index in [9.17, 15) is 4.79 Å². The largest absolute Gasteiger partial charge is 0.342 e. The summed E-state index contributed by atoms with van der Waals surface area (Å²) in [6, 6.07) is 5.75. The number of aromatic nitrogens is 4. The molecule has 1 aromatic carbocycles. The molecule has 26 heavy (non-hydrogen) atoms. The van der Waals surface area contributed by atoms with Gasteiger partial charge in [-0.05, 0) is 44.4 Å². The number of hydrogen-bond acceptors (Lipinski definition) is 4. The van der Waals surface area contributed by atoms with E-state index < -0.39 is 0 Å². The number of pyridine rings is 1. The zero-order valence-electron chi connectivity index (χ0n) is 16.2. The smallest absolute Gasteiger partial charge is 0.252 e. The molecule has 6 nitrogen and oxygen atoms in total. The van der Waals surface area contributed by atoms with E-state index in [1.807, 2.05) is 40.0 Å². The van der Waals surface area contributed by atoms with Crippen LogP contribution < -0.4 is 5.32 Å². The summed E-state index contributed by atoms with van der Waals surface area (Å²) in [6.07, 6.45) is 1.51. The van der Waals surface area contributed by atoms with Crippen molar-refractivity contribution in [2.45, 2.75) is 40.7 Å². The molecule has 0 spiro atoms. The van der Waals surface area contributed by atoms with Gasteiger partial charge >= 0.3 is 0 Å². The first-order chi connectivity index (χ1) is 12.3. The van der Waals surface area contributed by atoms with Gasteiger partial charge in [0.05, 0.1) is 17.1 Å². The number of hydrogen-bond donors (Lipinski definition) is 1. The Morgan fingerprint density at radius 1 is 1.15 bits per heavy atom. The Hall–Kier alpha value is -2.76. The molecule has 2 heterocycles. The maximum Gasteiger partial charge on any atom is 0.252 e. The van der Waals surface area contributed by atoms with E-state index in [-0.39, 0.29) is 17.9 Å². The summed E-state index contributed by atoms with van der Waals surface area (Å²) in [5.41, 5.74) is 4.54. The molecule has 136 valence electrons. The molecule has 0 aliphatic heterocycles. The predicted molar refractivity (Wildman–Crippen MR) is 102 cm³/mol. The van der Waals surface area contributed by atoms with E-state index in [2.05, 4.69) is 40.3 Å². The van der Waals surface area contributed by atoms with Gasteiger partial charge in [0.1, 0.15) is 12.2 Å². The molecule has 1 N–H and O–H groups in total. The average Bonchev–Trinajstić information content (AvgIpc) is 2.98. The number of benzene rings is 1. The van der Waals surface area contributed by atoms with Gasteiger partial charge in [0.25, 0.3) is 5.91 Å². The molecule has 0 aliphatic rings. The minimum atomic E-state index is -0.218. The molecule has 1 unspecified atom stereocenters. The lowest BCUT2D eigenvalue weighted by Gasteiger charge is -2.22. The molecule has 1 amide bonds. The van der Waals surface area contributed by atoms with Crippen molar-refractivity contribution in [2.24, 2.45) is 13.0 Å². The van der Waals surface area contributed by atoms with Gasteiger partial charge in [-0.2, -0.15) is 5.10 Å². The number of carbonyl (C=O) groups excluding carboxylic acids is 1. The first-order valence-corrected chi connectivity index (χ1v) is 8.81. The van der Waals surface area contributed by atoms with Crippen LogP contribution in [0.2, 0.25) is 0 Å². The third-order valence-electron chi connectivity index (χ3n) is 4.60. The molecule has 0 radical (unpaired) electrons. The minimum Gasteiger partial charge on any atom is -0.342 e. The molecule has 0 bridgehead atoms. The lowest BCUT2D eigenvalue weighted by Crippen LogP contribution is -2.33. The highest BCUT2D eigenvalue weighted by Crippen LogP contribution is 2.25. The molecule has 6 heteroatoms. The van der Waals surface area contributed by atoms with Crippen LogP contribution in [-0.4, -0.2) is 25.7 Å². The number of nitrogens with one attached hydrogen (secondary N) is 1. The fourth-order valence-corrected chi connectivity index (χ4v) is 3.33. The Kier molecular flexibility index (Phi) is 4.76. The van der Waals surface area contributed by atoms with Gasteiger partial charge in [0.2, 0.25) is 0 Å². The molecule has 0 saturated heterocycles. The van der Waals surface area contributed by atoms with Gasteiger partial charge in [-0.25, -0.2) is 4.98 Å². The van der Waals surface area contributed by atoms with Crippen LogP contribution in [0.15, 0.2) is 24.5 Å². The van der Waals surface area contributed by atoms with Crippen LogP contribution in [0.3, 0.4) is 0 Å². The van der Waals surface area contributed by atoms with Crippen LogP contribution >= 0.6 is 0 Å². The van der Waals surface area contributed by atoms with E-state index in [1.165, 1.54) is 6.33 Å². The van der Waals surface area contributed by atoms with Crippen LogP contribution in [0.1, 0.15) is 52.9 Å². The molecule has 0 fully saturated rings. The van der Waals surface area contributed by atoms with Crippen molar-refractivity contribution in [3.8, 4) is 0 Å². The molecule has 2 aromatic heterocycles. The zero-order valence-corrected chi connectivity index (χ0v) is 16.2. The van der Waals surface area contributed by atoms with Gasteiger partial charge in [0, 0.05) is 18.1 Å². The Balaban J connectivity index is 2.06. The van der Waals surface area contributed by atoms with Gasteiger partial charge in [-0.1, -0.05) is 25.5 Å². The quantitative estimate of drug-likeness (QED) is 0.782. The van der Waals surface area contributed by atoms with E-state index in [1.54, 1.807) is 4.68 Å². The monoisotopic (exact) mass is 351 g/mol. The normalized spacial score (nSPS) is 12.6. The lowest BCUT2D eigenvalue weighted by atomic mass is 9.99. The second-order valence-corrected chi connectivity index (χ2v) is 7.23. The second kappa shape index (κ2) is 6.86. The highest BCUT2D eigenvalue weighted by atomic mass is 16.1. The maximum atomic E-state index is 13.2. The average molecular weight is 351 g/mol. The van der Waals surface area contributed by atoms with Crippen LogP contribution in [0, 0.1) is 26.7 Å². The molecule has 1 atom stereocenters. The minimum absolute atomic E-state index is 0.118. The van der Waals surface area contributed by atoms with Gasteiger partial charge in [-0.3, -0.25) is 14.5 Å². The van der Waals surface area contributed by atoms with Crippen LogP contribution in [0.4, 0.5) is 0 Å². The Labute approximate surface area is 153 Å². The summed E-state index contributed by atoms with van der Waals surface area (Å²) in [5, 5.41) is 8.16. The Bertz CT molecular complexity index is 974. The number of aryl methyl sites for hydroxylation is 4. The van der Waals surface area contributed by atoms with Crippen molar-refractivity contribution in [1.29, 1.82) is 0 Å². The fourth-order valence-electron chi connectivity index (χ4n) is 3.33. The highest BCUT2D eigenvalue weighted by Gasteiger charge is 2.24. The molecule has 0 saturated carbocycles. The molecular weight excluding hydrogens is 326 g/mol. The van der Waals surface area contributed by atoms with E-state index >= 15 is 0 Å². The summed E-state index contributed by atoms with van der Waals surface area (Å²) in [6.45, 7) is 10.1. The fraction of sp³-hybridized carbons (Fsp3) is 0.400. The van der Waals surface area contributed by atoms with Gasteiger partial charge in [0.15, 0.2) is 0 Å². The number of carbonyl (C=O) groups is 1. The van der Waals surface area contributed by atoms with Crippen molar-refractivity contribution in [3.05, 3.63) is 52.7 Å². The van der Waals surface area contributed by atoms with E-state index in [0.717, 1.165) is 33.5 Å². The molecular formula is C20H25N5O. The molecule has 3 rings (SSSR count). The first-order valence-electron chi connectivity index (χ1n) is 8.81. The van der Waals surface area contributed by atoms with Gasteiger partial charge < -0.3 is 5.32 Å². The number of fused-ring (bicyclic) bond motifs is 1. The number of amides is 1. The summed E-state index contributed by atoms with van der Waals surface area (Å²) in [7, 11) is 1.84. The van der Waals surface area contributed by atoms with Crippen LogP contribution in [0.25, 0.3) is 10.9 Å². The topological polar surface area (TPSA) is 72.7 Å². The van der Waals surface area contributed by atoms with E-state index in [0.29, 0.717) is 5.56 Å². The molecule has 3 aromatic rings. The standard InChI is InChI=1S/C20H25N5O/c1-11(2)17(19-21-10-22-25(19)6)24-20(26)16-9-14(5)23-18-13(4)7-12(3)8-15(16)18/h7-11,17H,1-6H3,(H,24,26). The van der Waals surface area contributed by atoms with Crippen molar-refractivity contribution >= 4 is 16.8 Å². The summed E-state index contributed by atoms with van der Waals surface area (Å²) in [4.78, 5) is 22.1. The lowest BCUT2D eigenvalue weighted by molar-refractivity contribution is 0.0923. The molecule has 0 aliphatic carbocycles. The third-order valence-corrected chi connectivity index (χ3v) is 4.60.